The van der Waals surface area contributed by atoms with Crippen LogP contribution in [0.25, 0.3) is 27.8 Å². The lowest BCUT2D eigenvalue weighted by atomic mass is 9.86. The highest BCUT2D eigenvalue weighted by molar-refractivity contribution is 6.09. The predicted molar refractivity (Wildman–Crippen MR) is 239 cm³/mol. The fourth-order valence-corrected chi connectivity index (χ4v) is 7.72. The van der Waals surface area contributed by atoms with E-state index in [2.05, 4.69) is 99.4 Å². The van der Waals surface area contributed by atoms with Crippen molar-refractivity contribution in [1.82, 2.24) is 24.5 Å². The van der Waals surface area contributed by atoms with Gasteiger partial charge in [-0.3, -0.25) is 4.57 Å². The summed E-state index contributed by atoms with van der Waals surface area (Å²) in [5, 5.41) is 2.06. The molecule has 0 amide bonds. The molecule has 304 valence electrons. The van der Waals surface area contributed by atoms with Crippen molar-refractivity contribution in [3.8, 4) is 52.2 Å². The van der Waals surface area contributed by atoms with Crippen molar-refractivity contribution in [1.29, 1.82) is 0 Å². The second-order valence-corrected chi connectivity index (χ2v) is 16.5. The molecule has 60 heavy (non-hydrogen) atoms. The van der Waals surface area contributed by atoms with Gasteiger partial charge in [0, 0.05) is 77.5 Å². The zero-order valence-corrected chi connectivity index (χ0v) is 35.8. The summed E-state index contributed by atoms with van der Waals surface area (Å²) in [4.78, 5) is 18.3. The third-order valence-electron chi connectivity index (χ3n) is 10.9. The largest absolute Gasteiger partial charge is 0.457 e. The predicted octanol–water partition coefficient (Wildman–Crippen LogP) is 13.7. The number of ether oxygens (including phenoxy) is 4. The number of rotatable bonds is 13. The Morgan fingerprint density at radius 1 is 0.517 bits per heavy atom. The standard InChI is InChI=1S/C51H51N5O4/c1-30(2)21-43-34(7)24-39(59-48-22-32(5)15-19-52-48)28-46(43)57-37-11-13-41-42-14-12-38(27-45(42)56(44(41)26-37)51-54-17-10-18-55-51)58-47-29-40(60-49-23-33(6)16-20-53-49)25-35(8)50(47)36(9)31(3)4/h10-20,22-31,36H,21H2,1-9H3. The van der Waals surface area contributed by atoms with Crippen molar-refractivity contribution in [2.24, 2.45) is 11.8 Å². The molecule has 0 radical (unpaired) electrons. The van der Waals surface area contributed by atoms with E-state index in [-0.39, 0.29) is 5.92 Å². The SMILES string of the molecule is Cc1ccnc(Oc2cc(C)c(CC(C)C)c(Oc3ccc4c5ccc(Oc6cc(Oc7cc(C)ccn7)cc(C)c6C(C)C(C)C)cc5n(-c5ncccn5)c4c3)c2)c1. The first-order valence-corrected chi connectivity index (χ1v) is 20.6. The lowest BCUT2D eigenvalue weighted by molar-refractivity contribution is 0.434. The smallest absolute Gasteiger partial charge is 0.234 e. The van der Waals surface area contributed by atoms with E-state index in [0.717, 1.165) is 73.1 Å². The molecule has 0 aliphatic carbocycles. The molecule has 0 aliphatic rings. The van der Waals surface area contributed by atoms with E-state index in [9.17, 15) is 0 Å². The Hall–Kier alpha value is -6.74. The molecule has 4 aromatic carbocycles. The Bertz CT molecular complexity index is 2830. The third kappa shape index (κ3) is 8.52. The normalized spacial score (nSPS) is 12.1. The van der Waals surface area contributed by atoms with Crippen LogP contribution in [0.4, 0.5) is 0 Å². The lowest BCUT2D eigenvalue weighted by Gasteiger charge is -2.23. The maximum atomic E-state index is 6.88. The molecule has 0 saturated carbocycles. The fraction of sp³-hybridized carbons (Fsp3) is 0.255. The average molecular weight is 798 g/mol. The first kappa shape index (κ1) is 40.1. The minimum Gasteiger partial charge on any atom is -0.457 e. The monoisotopic (exact) mass is 797 g/mol. The van der Waals surface area contributed by atoms with Gasteiger partial charge in [-0.2, -0.15) is 0 Å². The Morgan fingerprint density at radius 2 is 1.05 bits per heavy atom. The Labute approximate surface area is 352 Å². The molecular weight excluding hydrogens is 747 g/mol. The molecule has 8 aromatic rings. The number of fused-ring (bicyclic) bond motifs is 3. The molecule has 4 aromatic heterocycles. The maximum absolute atomic E-state index is 6.88. The summed E-state index contributed by atoms with van der Waals surface area (Å²) in [6.07, 6.45) is 7.88. The Morgan fingerprint density at radius 3 is 1.58 bits per heavy atom. The molecule has 0 fully saturated rings. The van der Waals surface area contributed by atoms with Crippen LogP contribution in [0.1, 0.15) is 73.9 Å². The summed E-state index contributed by atoms with van der Waals surface area (Å²) in [6.45, 7) is 19.4. The number of hydrogen-bond donors (Lipinski definition) is 0. The molecule has 0 bridgehead atoms. The summed E-state index contributed by atoms with van der Waals surface area (Å²) in [7, 11) is 0. The molecule has 9 heteroatoms. The van der Waals surface area contributed by atoms with Crippen LogP contribution in [0.3, 0.4) is 0 Å². The van der Waals surface area contributed by atoms with E-state index in [4.69, 9.17) is 28.9 Å². The Balaban J connectivity index is 1.21. The maximum Gasteiger partial charge on any atom is 0.234 e. The van der Waals surface area contributed by atoms with Crippen molar-refractivity contribution in [2.75, 3.05) is 0 Å². The number of hydrogen-bond acceptors (Lipinski definition) is 8. The molecular formula is C51H51N5O4. The highest BCUT2D eigenvalue weighted by Gasteiger charge is 2.22. The van der Waals surface area contributed by atoms with E-state index < -0.39 is 0 Å². The van der Waals surface area contributed by atoms with Crippen LogP contribution in [0.2, 0.25) is 0 Å². The number of nitrogens with zero attached hydrogens (tertiary/aromatic N) is 5. The van der Waals surface area contributed by atoms with Gasteiger partial charge in [0.2, 0.25) is 17.7 Å². The van der Waals surface area contributed by atoms with Gasteiger partial charge in [-0.05, 0) is 134 Å². The molecule has 1 unspecified atom stereocenters. The Kier molecular flexibility index (Phi) is 11.3. The van der Waals surface area contributed by atoms with Crippen LogP contribution in [0, 0.1) is 39.5 Å². The van der Waals surface area contributed by atoms with Crippen molar-refractivity contribution in [3.05, 3.63) is 149 Å². The average Bonchev–Trinajstić information content (AvgIpc) is 3.52. The van der Waals surface area contributed by atoms with Gasteiger partial charge in [0.05, 0.1) is 11.0 Å². The lowest BCUT2D eigenvalue weighted by Crippen LogP contribution is -2.07. The number of aryl methyl sites for hydroxylation is 4. The molecule has 0 N–H and O–H groups in total. The van der Waals surface area contributed by atoms with Crippen LogP contribution in [-0.2, 0) is 6.42 Å². The zero-order chi connectivity index (χ0) is 42.1. The highest BCUT2D eigenvalue weighted by atomic mass is 16.5. The van der Waals surface area contributed by atoms with E-state index in [1.165, 1.54) is 0 Å². The van der Waals surface area contributed by atoms with Crippen LogP contribution in [0.15, 0.2) is 116 Å². The van der Waals surface area contributed by atoms with Crippen LogP contribution in [-0.4, -0.2) is 24.5 Å². The van der Waals surface area contributed by atoms with Gasteiger partial charge in [-0.25, -0.2) is 19.9 Å². The van der Waals surface area contributed by atoms with Crippen molar-refractivity contribution < 1.29 is 18.9 Å². The molecule has 1 atom stereocenters. The van der Waals surface area contributed by atoms with Gasteiger partial charge >= 0.3 is 0 Å². The summed E-state index contributed by atoms with van der Waals surface area (Å²) < 4.78 is 28.3. The van der Waals surface area contributed by atoms with E-state index in [1.807, 2.05) is 68.4 Å². The second kappa shape index (κ2) is 16.9. The van der Waals surface area contributed by atoms with Crippen molar-refractivity contribution in [3.63, 3.8) is 0 Å². The van der Waals surface area contributed by atoms with Crippen LogP contribution in [0.5, 0.6) is 46.3 Å². The summed E-state index contributed by atoms with van der Waals surface area (Å²) >= 11 is 0. The first-order valence-electron chi connectivity index (χ1n) is 20.6. The fourth-order valence-electron chi connectivity index (χ4n) is 7.72. The van der Waals surface area contributed by atoms with Gasteiger partial charge in [0.1, 0.15) is 34.5 Å². The molecule has 0 aliphatic heterocycles. The van der Waals surface area contributed by atoms with E-state index in [1.54, 1.807) is 24.8 Å². The highest BCUT2D eigenvalue weighted by Crippen LogP contribution is 2.43. The van der Waals surface area contributed by atoms with E-state index in [0.29, 0.717) is 52.5 Å². The van der Waals surface area contributed by atoms with Crippen LogP contribution < -0.4 is 18.9 Å². The summed E-state index contributed by atoms with van der Waals surface area (Å²) in [5.41, 5.74) is 8.40. The van der Waals surface area contributed by atoms with Gasteiger partial charge in [-0.15, -0.1) is 0 Å². The number of benzene rings is 4. The molecule has 0 saturated heterocycles. The van der Waals surface area contributed by atoms with Gasteiger partial charge in [0.15, 0.2) is 0 Å². The number of pyridine rings is 2. The summed E-state index contributed by atoms with van der Waals surface area (Å²) in [6, 6.07) is 30.0. The molecule has 4 heterocycles. The van der Waals surface area contributed by atoms with Gasteiger partial charge in [0.25, 0.3) is 0 Å². The molecule has 8 rings (SSSR count). The minimum absolute atomic E-state index is 0.230. The van der Waals surface area contributed by atoms with Gasteiger partial charge in [-0.1, -0.05) is 34.6 Å². The quantitative estimate of drug-likeness (QED) is 0.114. The van der Waals surface area contributed by atoms with Gasteiger partial charge < -0.3 is 18.9 Å². The summed E-state index contributed by atoms with van der Waals surface area (Å²) in [5.74, 6) is 6.81. The zero-order valence-electron chi connectivity index (χ0n) is 35.8. The van der Waals surface area contributed by atoms with Crippen LogP contribution >= 0.6 is 0 Å². The second-order valence-electron chi connectivity index (χ2n) is 16.5. The number of aromatic nitrogens is 5. The topological polar surface area (TPSA) is 93.4 Å². The molecule has 0 spiro atoms. The van der Waals surface area contributed by atoms with Crippen molar-refractivity contribution >= 4 is 21.8 Å². The van der Waals surface area contributed by atoms with Crippen molar-refractivity contribution in [2.45, 2.75) is 74.7 Å². The first-order chi connectivity index (χ1) is 28.9. The molecule has 9 nitrogen and oxygen atoms in total. The minimum atomic E-state index is 0.230. The van der Waals surface area contributed by atoms with E-state index >= 15 is 0 Å². The third-order valence-corrected chi connectivity index (χ3v) is 10.9.